The molecule has 5 nitrogen and oxygen atoms in total. The van der Waals surface area contributed by atoms with Crippen LogP contribution in [0, 0.1) is 0 Å². The average Bonchev–Trinajstić information content (AvgIpc) is 3.17. The number of para-hydroxylation sites is 2. The van der Waals surface area contributed by atoms with E-state index in [-0.39, 0.29) is 5.91 Å². The van der Waals surface area contributed by atoms with Gasteiger partial charge >= 0.3 is 0 Å². The first kappa shape index (κ1) is 19.1. The second-order valence-electron chi connectivity index (χ2n) is 6.81. The van der Waals surface area contributed by atoms with Crippen molar-refractivity contribution in [2.45, 2.75) is 13.0 Å². The maximum atomic E-state index is 12.6. The second kappa shape index (κ2) is 8.86. The van der Waals surface area contributed by atoms with Gasteiger partial charge in [-0.3, -0.25) is 9.78 Å². The smallest absolute Gasteiger partial charge is 0.265 e. The van der Waals surface area contributed by atoms with Crippen molar-refractivity contribution in [3.05, 3.63) is 89.1 Å². The van der Waals surface area contributed by atoms with E-state index in [1.165, 1.54) is 22.5 Å². The van der Waals surface area contributed by atoms with Crippen molar-refractivity contribution in [1.82, 2.24) is 10.3 Å². The van der Waals surface area contributed by atoms with Gasteiger partial charge in [-0.05, 0) is 59.8 Å². The molecule has 0 atom stereocenters. The summed E-state index contributed by atoms with van der Waals surface area (Å²) in [5, 5.41) is 7.41. The molecule has 0 aliphatic heterocycles. The normalized spacial score (nSPS) is 10.9. The average molecular weight is 403 g/mol. The third-order valence-electron chi connectivity index (χ3n) is 4.66. The number of fused-ring (bicyclic) bond motifs is 1. The summed E-state index contributed by atoms with van der Waals surface area (Å²) in [6, 6.07) is 19.6. The Balaban J connectivity index is 1.38. The molecule has 4 aromatic rings. The van der Waals surface area contributed by atoms with Crippen LogP contribution in [0.4, 0.5) is 11.4 Å². The van der Waals surface area contributed by atoms with Gasteiger partial charge in [0.15, 0.2) is 0 Å². The molecule has 0 fully saturated rings. The molecule has 29 heavy (non-hydrogen) atoms. The number of hydrogen-bond acceptors (Lipinski definition) is 5. The van der Waals surface area contributed by atoms with Crippen LogP contribution in [0.15, 0.2) is 73.1 Å². The van der Waals surface area contributed by atoms with Gasteiger partial charge in [-0.25, -0.2) is 0 Å². The van der Waals surface area contributed by atoms with Gasteiger partial charge in [0.05, 0.1) is 16.3 Å². The molecule has 1 amide bonds. The number of pyridine rings is 1. The molecule has 4 rings (SSSR count). The first-order valence-electron chi connectivity index (χ1n) is 9.47. The summed E-state index contributed by atoms with van der Waals surface area (Å²) < 4.78 is 1.11. The summed E-state index contributed by atoms with van der Waals surface area (Å²) in [6.45, 7) is 1.69. The number of thiophene rings is 1. The summed E-state index contributed by atoms with van der Waals surface area (Å²) in [4.78, 5) is 17.4. The standard InChI is InChI=1S/C23H22N4OS/c24-19-5-1-2-6-20(19)27-23(28)22-13-18-8-7-16(12-21(18)29-22)9-11-26-15-17-4-3-10-25-14-17/h1-8,10,12-14,26H,9,11,15,24H2,(H,27,28). The summed E-state index contributed by atoms with van der Waals surface area (Å²) in [5.41, 5.74) is 9.53. The molecule has 4 N–H and O–H groups in total. The predicted molar refractivity (Wildman–Crippen MR) is 120 cm³/mol. The van der Waals surface area contributed by atoms with Crippen LogP contribution in [0.25, 0.3) is 10.1 Å². The van der Waals surface area contributed by atoms with E-state index in [0.29, 0.717) is 16.3 Å². The van der Waals surface area contributed by atoms with Gasteiger partial charge in [0.25, 0.3) is 5.91 Å². The Bertz CT molecular complexity index is 1120. The Morgan fingerprint density at radius 2 is 1.93 bits per heavy atom. The Labute approximate surface area is 173 Å². The van der Waals surface area contributed by atoms with Gasteiger partial charge in [0, 0.05) is 23.6 Å². The summed E-state index contributed by atoms with van der Waals surface area (Å²) in [7, 11) is 0. The van der Waals surface area contributed by atoms with Gasteiger partial charge < -0.3 is 16.4 Å². The lowest BCUT2D eigenvalue weighted by Crippen LogP contribution is -2.16. The van der Waals surface area contributed by atoms with Gasteiger partial charge in [-0.15, -0.1) is 11.3 Å². The number of rotatable bonds is 7. The molecule has 0 saturated heterocycles. The number of nitrogens with zero attached hydrogens (tertiary/aromatic N) is 1. The van der Waals surface area contributed by atoms with Crippen molar-refractivity contribution in [3.63, 3.8) is 0 Å². The highest BCUT2D eigenvalue weighted by molar-refractivity contribution is 7.20. The summed E-state index contributed by atoms with van der Waals surface area (Å²) in [6.07, 6.45) is 4.58. The highest BCUT2D eigenvalue weighted by Crippen LogP contribution is 2.28. The number of nitrogen functional groups attached to an aromatic ring is 1. The van der Waals surface area contributed by atoms with Gasteiger partial charge in [-0.1, -0.05) is 30.3 Å². The van der Waals surface area contributed by atoms with E-state index in [9.17, 15) is 4.79 Å². The number of benzene rings is 2. The minimum Gasteiger partial charge on any atom is -0.397 e. The predicted octanol–water partition coefficient (Wildman–Crippen LogP) is 4.46. The second-order valence-corrected chi connectivity index (χ2v) is 7.90. The fraction of sp³-hybridized carbons (Fsp3) is 0.130. The number of anilines is 2. The molecule has 0 spiro atoms. The van der Waals surface area contributed by atoms with Crippen molar-refractivity contribution in [3.8, 4) is 0 Å². The number of hydrogen-bond donors (Lipinski definition) is 3. The first-order chi connectivity index (χ1) is 14.2. The number of aromatic nitrogens is 1. The zero-order chi connectivity index (χ0) is 20.1. The van der Waals surface area contributed by atoms with Crippen molar-refractivity contribution in [1.29, 1.82) is 0 Å². The largest absolute Gasteiger partial charge is 0.397 e. The van der Waals surface area contributed by atoms with E-state index >= 15 is 0 Å². The number of nitrogens with one attached hydrogen (secondary N) is 2. The van der Waals surface area contributed by atoms with E-state index in [2.05, 4.69) is 39.9 Å². The van der Waals surface area contributed by atoms with E-state index in [1.807, 2.05) is 30.5 Å². The third kappa shape index (κ3) is 4.80. The Hall–Kier alpha value is -3.22. The number of carbonyl (C=O) groups is 1. The SMILES string of the molecule is Nc1ccccc1NC(=O)c1cc2ccc(CCNCc3cccnc3)cc2s1. The minimum atomic E-state index is -0.135. The fourth-order valence-corrected chi connectivity index (χ4v) is 4.13. The molecule has 146 valence electrons. The van der Waals surface area contributed by atoms with E-state index in [1.54, 1.807) is 18.3 Å². The van der Waals surface area contributed by atoms with Crippen molar-refractivity contribution in [2.24, 2.45) is 0 Å². The molecule has 0 radical (unpaired) electrons. The summed E-state index contributed by atoms with van der Waals surface area (Å²) in [5.74, 6) is -0.135. The molecule has 2 heterocycles. The first-order valence-corrected chi connectivity index (χ1v) is 10.3. The molecule has 0 aliphatic rings. The molecular weight excluding hydrogens is 380 g/mol. The number of carbonyl (C=O) groups excluding carboxylic acids is 1. The highest BCUT2D eigenvalue weighted by atomic mass is 32.1. The van der Waals surface area contributed by atoms with Crippen LogP contribution in [-0.2, 0) is 13.0 Å². The van der Waals surface area contributed by atoms with Crippen LogP contribution in [0.2, 0.25) is 0 Å². The molecule has 0 unspecified atom stereocenters. The van der Waals surface area contributed by atoms with Crippen molar-refractivity contribution < 1.29 is 4.79 Å². The topological polar surface area (TPSA) is 80.0 Å². The van der Waals surface area contributed by atoms with Crippen LogP contribution < -0.4 is 16.4 Å². The molecular formula is C23H22N4OS. The lowest BCUT2D eigenvalue weighted by Gasteiger charge is -2.06. The molecule has 0 saturated carbocycles. The lowest BCUT2D eigenvalue weighted by atomic mass is 10.1. The maximum Gasteiger partial charge on any atom is 0.265 e. The Morgan fingerprint density at radius 3 is 2.76 bits per heavy atom. The van der Waals surface area contributed by atoms with Crippen LogP contribution >= 0.6 is 11.3 Å². The lowest BCUT2D eigenvalue weighted by molar-refractivity contribution is 0.103. The van der Waals surface area contributed by atoms with Crippen molar-refractivity contribution in [2.75, 3.05) is 17.6 Å². The molecule has 0 aliphatic carbocycles. The van der Waals surface area contributed by atoms with Gasteiger partial charge in [-0.2, -0.15) is 0 Å². The molecule has 6 heteroatoms. The quantitative estimate of drug-likeness (QED) is 0.315. The fourth-order valence-electron chi connectivity index (χ4n) is 3.11. The van der Waals surface area contributed by atoms with Crippen molar-refractivity contribution >= 4 is 38.7 Å². The van der Waals surface area contributed by atoms with E-state index in [0.717, 1.165) is 29.6 Å². The third-order valence-corrected chi connectivity index (χ3v) is 5.76. The number of nitrogens with two attached hydrogens (primary N) is 1. The monoisotopic (exact) mass is 402 g/mol. The Kier molecular flexibility index (Phi) is 5.84. The molecule has 2 aromatic heterocycles. The zero-order valence-corrected chi connectivity index (χ0v) is 16.7. The Morgan fingerprint density at radius 1 is 1.03 bits per heavy atom. The summed E-state index contributed by atoms with van der Waals surface area (Å²) >= 11 is 1.50. The van der Waals surface area contributed by atoms with Crippen LogP contribution in [0.1, 0.15) is 20.8 Å². The van der Waals surface area contributed by atoms with Crippen LogP contribution in [0.3, 0.4) is 0 Å². The van der Waals surface area contributed by atoms with Gasteiger partial charge in [0.1, 0.15) is 0 Å². The van der Waals surface area contributed by atoms with Crippen LogP contribution in [0.5, 0.6) is 0 Å². The molecule has 0 bridgehead atoms. The maximum absolute atomic E-state index is 12.6. The molecule has 2 aromatic carbocycles. The van der Waals surface area contributed by atoms with Crippen LogP contribution in [-0.4, -0.2) is 17.4 Å². The van der Waals surface area contributed by atoms with Gasteiger partial charge in [0.2, 0.25) is 0 Å². The van der Waals surface area contributed by atoms with E-state index < -0.39 is 0 Å². The van der Waals surface area contributed by atoms with E-state index in [4.69, 9.17) is 5.73 Å². The zero-order valence-electron chi connectivity index (χ0n) is 15.9. The number of amides is 1. The minimum absolute atomic E-state index is 0.135. The highest BCUT2D eigenvalue weighted by Gasteiger charge is 2.12.